The lowest BCUT2D eigenvalue weighted by molar-refractivity contribution is -0.138. The molecule has 194 valence electrons. The van der Waals surface area contributed by atoms with Gasteiger partial charge in [0.1, 0.15) is 11.4 Å². The lowest BCUT2D eigenvalue weighted by Crippen LogP contribution is -2.40. The van der Waals surface area contributed by atoms with Crippen molar-refractivity contribution in [2.75, 3.05) is 26.3 Å². The van der Waals surface area contributed by atoms with E-state index in [4.69, 9.17) is 14.6 Å². The molecule has 2 N–H and O–H groups in total. The van der Waals surface area contributed by atoms with Gasteiger partial charge in [-0.05, 0) is 73.8 Å². The van der Waals surface area contributed by atoms with Crippen molar-refractivity contribution in [2.45, 2.75) is 57.8 Å². The van der Waals surface area contributed by atoms with Crippen LogP contribution >= 0.6 is 0 Å². The SMILES string of the molecule is CC(C)(C)OC=O.OCCCOc1ccc(C2CCNCC2OCc2ccc3ccccc3c2)cc1. The molecule has 0 saturated carbocycles. The summed E-state index contributed by atoms with van der Waals surface area (Å²) in [7, 11) is 0. The maximum absolute atomic E-state index is 9.60. The summed E-state index contributed by atoms with van der Waals surface area (Å²) in [5.41, 5.74) is 2.19. The second-order valence-corrected chi connectivity index (χ2v) is 9.95. The summed E-state index contributed by atoms with van der Waals surface area (Å²) in [6.45, 7) is 9.12. The molecule has 0 aromatic heterocycles. The zero-order valence-corrected chi connectivity index (χ0v) is 21.6. The second kappa shape index (κ2) is 14.0. The third-order valence-electron chi connectivity index (χ3n) is 5.99. The van der Waals surface area contributed by atoms with Gasteiger partial charge in [0.2, 0.25) is 0 Å². The first-order chi connectivity index (χ1) is 17.4. The molecule has 1 aliphatic heterocycles. The Balaban J connectivity index is 0.000000454. The number of hydrogen-bond acceptors (Lipinski definition) is 6. The lowest BCUT2D eigenvalue weighted by atomic mass is 9.87. The number of hydrogen-bond donors (Lipinski definition) is 2. The summed E-state index contributed by atoms with van der Waals surface area (Å²) >= 11 is 0. The largest absolute Gasteiger partial charge is 0.494 e. The van der Waals surface area contributed by atoms with E-state index in [9.17, 15) is 4.79 Å². The maximum atomic E-state index is 9.60. The Morgan fingerprint density at radius 2 is 1.78 bits per heavy atom. The number of rotatable bonds is 9. The van der Waals surface area contributed by atoms with E-state index in [1.807, 2.05) is 32.9 Å². The van der Waals surface area contributed by atoms with E-state index in [0.717, 1.165) is 25.3 Å². The highest BCUT2D eigenvalue weighted by atomic mass is 16.5. The van der Waals surface area contributed by atoms with E-state index in [-0.39, 0.29) is 18.3 Å². The topological polar surface area (TPSA) is 77.0 Å². The summed E-state index contributed by atoms with van der Waals surface area (Å²) < 4.78 is 16.6. The van der Waals surface area contributed by atoms with Crippen molar-refractivity contribution in [3.63, 3.8) is 0 Å². The molecule has 36 heavy (non-hydrogen) atoms. The lowest BCUT2D eigenvalue weighted by Gasteiger charge is -2.32. The van der Waals surface area contributed by atoms with Gasteiger partial charge in [0.05, 0.1) is 19.3 Å². The van der Waals surface area contributed by atoms with Crippen molar-refractivity contribution < 1.29 is 24.1 Å². The Labute approximate surface area is 214 Å². The Bertz CT molecular complexity index is 1060. The molecular weight excluding hydrogens is 454 g/mol. The van der Waals surface area contributed by atoms with Crippen LogP contribution in [0.15, 0.2) is 66.7 Å². The van der Waals surface area contributed by atoms with E-state index < -0.39 is 0 Å². The molecule has 1 heterocycles. The minimum atomic E-state index is -0.318. The van der Waals surface area contributed by atoms with E-state index >= 15 is 0 Å². The molecule has 1 saturated heterocycles. The van der Waals surface area contributed by atoms with Gasteiger partial charge in [-0.1, -0.05) is 48.5 Å². The average molecular weight is 494 g/mol. The third-order valence-corrected chi connectivity index (χ3v) is 5.99. The van der Waals surface area contributed by atoms with E-state index in [0.29, 0.717) is 32.0 Å². The first-order valence-corrected chi connectivity index (χ1v) is 12.6. The van der Waals surface area contributed by atoms with Crippen molar-refractivity contribution in [1.82, 2.24) is 5.32 Å². The molecule has 2 unspecified atom stereocenters. The van der Waals surface area contributed by atoms with Crippen LogP contribution in [0.1, 0.15) is 50.7 Å². The van der Waals surface area contributed by atoms with Gasteiger partial charge in [-0.15, -0.1) is 0 Å². The molecule has 3 aromatic rings. The third kappa shape index (κ3) is 8.94. The van der Waals surface area contributed by atoms with Crippen molar-refractivity contribution in [2.24, 2.45) is 0 Å². The van der Waals surface area contributed by atoms with Gasteiger partial charge in [0.15, 0.2) is 0 Å². The van der Waals surface area contributed by atoms with Crippen LogP contribution < -0.4 is 10.1 Å². The van der Waals surface area contributed by atoms with Crippen LogP contribution in [0.5, 0.6) is 5.75 Å². The molecule has 0 amide bonds. The number of ether oxygens (including phenoxy) is 3. The normalized spacial score (nSPS) is 17.7. The fourth-order valence-corrected chi connectivity index (χ4v) is 4.13. The highest BCUT2D eigenvalue weighted by molar-refractivity contribution is 5.82. The van der Waals surface area contributed by atoms with Crippen LogP contribution in [-0.4, -0.2) is 49.6 Å². The average Bonchev–Trinajstić information content (AvgIpc) is 2.88. The highest BCUT2D eigenvalue weighted by Crippen LogP contribution is 2.30. The van der Waals surface area contributed by atoms with Gasteiger partial charge in [-0.3, -0.25) is 4.79 Å². The fraction of sp³-hybridized carbons (Fsp3) is 0.433. The monoisotopic (exact) mass is 493 g/mol. The predicted octanol–water partition coefficient (Wildman–Crippen LogP) is 5.22. The van der Waals surface area contributed by atoms with E-state index in [1.54, 1.807) is 0 Å². The summed E-state index contributed by atoms with van der Waals surface area (Å²) in [6, 6.07) is 23.3. The molecular formula is C30H39NO5. The Hall–Kier alpha value is -2.93. The van der Waals surface area contributed by atoms with Gasteiger partial charge in [0, 0.05) is 25.5 Å². The Morgan fingerprint density at radius 3 is 2.44 bits per heavy atom. The van der Waals surface area contributed by atoms with Crippen LogP contribution in [0.2, 0.25) is 0 Å². The van der Waals surface area contributed by atoms with Crippen molar-refractivity contribution in [3.8, 4) is 5.75 Å². The molecule has 0 aliphatic carbocycles. The summed E-state index contributed by atoms with van der Waals surface area (Å²) in [5, 5.41) is 14.9. The molecule has 0 bridgehead atoms. The zero-order valence-electron chi connectivity index (χ0n) is 21.6. The zero-order chi connectivity index (χ0) is 25.8. The van der Waals surface area contributed by atoms with Gasteiger partial charge in [-0.2, -0.15) is 0 Å². The number of nitrogens with one attached hydrogen (secondary N) is 1. The molecule has 4 rings (SSSR count). The molecule has 6 heteroatoms. The van der Waals surface area contributed by atoms with Crippen molar-refractivity contribution in [1.29, 1.82) is 0 Å². The maximum Gasteiger partial charge on any atom is 0.293 e. The van der Waals surface area contributed by atoms with Crippen LogP contribution in [0, 0.1) is 0 Å². The molecule has 0 spiro atoms. The minimum absolute atomic E-state index is 0.149. The van der Waals surface area contributed by atoms with Gasteiger partial charge >= 0.3 is 0 Å². The summed E-state index contributed by atoms with van der Waals surface area (Å²) in [6.07, 6.45) is 1.87. The minimum Gasteiger partial charge on any atom is -0.494 e. The van der Waals surface area contributed by atoms with Crippen LogP contribution in [0.4, 0.5) is 0 Å². The van der Waals surface area contributed by atoms with E-state index in [1.165, 1.54) is 21.9 Å². The Kier molecular flexibility index (Phi) is 10.7. The molecule has 1 aliphatic rings. The first kappa shape index (κ1) is 27.7. The van der Waals surface area contributed by atoms with Crippen molar-refractivity contribution in [3.05, 3.63) is 77.9 Å². The molecule has 2 atom stereocenters. The quantitative estimate of drug-likeness (QED) is 0.314. The summed E-state index contributed by atoms with van der Waals surface area (Å²) in [5.74, 6) is 1.23. The molecule has 1 fully saturated rings. The smallest absolute Gasteiger partial charge is 0.293 e. The first-order valence-electron chi connectivity index (χ1n) is 12.6. The summed E-state index contributed by atoms with van der Waals surface area (Å²) in [4.78, 5) is 9.60. The molecule has 0 radical (unpaired) electrons. The molecule has 3 aromatic carbocycles. The van der Waals surface area contributed by atoms with Gasteiger partial charge in [-0.25, -0.2) is 0 Å². The van der Waals surface area contributed by atoms with Gasteiger partial charge in [0.25, 0.3) is 6.47 Å². The number of benzene rings is 3. The molecule has 6 nitrogen and oxygen atoms in total. The van der Waals surface area contributed by atoms with Crippen LogP contribution in [-0.2, 0) is 20.9 Å². The number of carbonyl (C=O) groups excluding carboxylic acids is 1. The number of fused-ring (bicyclic) bond motifs is 1. The van der Waals surface area contributed by atoms with E-state index in [2.05, 4.69) is 64.7 Å². The fourth-order valence-electron chi connectivity index (χ4n) is 4.13. The second-order valence-electron chi connectivity index (χ2n) is 9.95. The standard InChI is InChI=1S/C25H29NO3.C5H10O2/c27-14-3-15-28-23-10-8-21(9-11-23)24-12-13-26-17-25(24)29-18-19-6-7-20-4-1-2-5-22(20)16-19;1-5(2,3)7-4-6/h1-2,4-11,16,24-27H,3,12-15,17-18H2;4H,1-3H3. The number of piperidine rings is 1. The Morgan fingerprint density at radius 1 is 1.03 bits per heavy atom. The van der Waals surface area contributed by atoms with Crippen LogP contribution in [0.3, 0.4) is 0 Å². The van der Waals surface area contributed by atoms with Gasteiger partial charge < -0.3 is 24.6 Å². The van der Waals surface area contributed by atoms with Crippen molar-refractivity contribution >= 4 is 17.2 Å². The number of aliphatic hydroxyl groups is 1. The number of aliphatic hydroxyl groups excluding tert-OH is 1. The number of carbonyl (C=O) groups is 1. The highest BCUT2D eigenvalue weighted by Gasteiger charge is 2.27. The predicted molar refractivity (Wildman–Crippen MR) is 143 cm³/mol. The van der Waals surface area contributed by atoms with Crippen LogP contribution in [0.25, 0.3) is 10.8 Å².